The van der Waals surface area contributed by atoms with E-state index in [1.807, 2.05) is 23.9 Å². The van der Waals surface area contributed by atoms with Gasteiger partial charge in [-0.2, -0.15) is 4.98 Å². The zero-order valence-corrected chi connectivity index (χ0v) is 13.5. The van der Waals surface area contributed by atoms with Gasteiger partial charge in [0, 0.05) is 52.3 Å². The van der Waals surface area contributed by atoms with Crippen molar-refractivity contribution in [3.8, 4) is 0 Å². The summed E-state index contributed by atoms with van der Waals surface area (Å²) < 4.78 is 0. The number of nitrogens with zero attached hydrogens (tertiary/aromatic N) is 5. The average molecular weight is 304 g/mol. The maximum absolute atomic E-state index is 11.7. The van der Waals surface area contributed by atoms with Crippen LogP contribution in [0.3, 0.4) is 0 Å². The number of hydrogen-bond donors (Lipinski definition) is 1. The van der Waals surface area contributed by atoms with E-state index in [1.54, 1.807) is 6.92 Å². The van der Waals surface area contributed by atoms with Crippen molar-refractivity contribution in [2.24, 2.45) is 5.73 Å². The molecule has 3 rings (SSSR count). The largest absolute Gasteiger partial charge is 0.355 e. The maximum atomic E-state index is 11.7. The Labute approximate surface area is 131 Å². The van der Waals surface area contributed by atoms with Crippen molar-refractivity contribution in [2.75, 3.05) is 43.5 Å². The van der Waals surface area contributed by atoms with Crippen LogP contribution in [0.25, 0.3) is 0 Å². The summed E-state index contributed by atoms with van der Waals surface area (Å²) >= 11 is 0. The lowest BCUT2D eigenvalue weighted by atomic mass is 10.0. The van der Waals surface area contributed by atoms with Gasteiger partial charge in [0.15, 0.2) is 0 Å². The van der Waals surface area contributed by atoms with Crippen LogP contribution >= 0.6 is 0 Å². The molecule has 1 atom stereocenters. The van der Waals surface area contributed by atoms with Crippen molar-refractivity contribution in [1.29, 1.82) is 0 Å². The third-order valence-electron chi connectivity index (χ3n) is 4.40. The Morgan fingerprint density at radius 1 is 1.32 bits per heavy atom. The first-order valence-corrected chi connectivity index (χ1v) is 7.79. The highest BCUT2D eigenvalue weighted by molar-refractivity contribution is 5.73. The molecule has 0 spiro atoms. The van der Waals surface area contributed by atoms with Gasteiger partial charge >= 0.3 is 0 Å². The SMILES string of the molecule is CC(=O)N1CCc2c(nc(N(C)C)nc2N2CC[C@@H](N)C2)C1. The van der Waals surface area contributed by atoms with Crippen molar-refractivity contribution >= 4 is 17.7 Å². The summed E-state index contributed by atoms with van der Waals surface area (Å²) in [4.78, 5) is 27.1. The zero-order chi connectivity index (χ0) is 15.9. The van der Waals surface area contributed by atoms with Gasteiger partial charge in [-0.3, -0.25) is 4.79 Å². The van der Waals surface area contributed by atoms with E-state index in [0.717, 1.165) is 44.0 Å². The van der Waals surface area contributed by atoms with Crippen LogP contribution < -0.4 is 15.5 Å². The number of rotatable bonds is 2. The molecule has 7 heteroatoms. The van der Waals surface area contributed by atoms with E-state index in [-0.39, 0.29) is 11.9 Å². The monoisotopic (exact) mass is 304 g/mol. The summed E-state index contributed by atoms with van der Waals surface area (Å²) in [5.41, 5.74) is 8.20. The molecule has 0 radical (unpaired) electrons. The minimum Gasteiger partial charge on any atom is -0.355 e. The highest BCUT2D eigenvalue weighted by Gasteiger charge is 2.29. The second kappa shape index (κ2) is 5.72. The highest BCUT2D eigenvalue weighted by Crippen LogP contribution is 2.30. The van der Waals surface area contributed by atoms with Gasteiger partial charge in [0.2, 0.25) is 11.9 Å². The van der Waals surface area contributed by atoms with Crippen molar-refractivity contribution in [2.45, 2.75) is 32.4 Å². The topological polar surface area (TPSA) is 78.6 Å². The summed E-state index contributed by atoms with van der Waals surface area (Å²) in [7, 11) is 3.87. The van der Waals surface area contributed by atoms with Crippen LogP contribution in [0.4, 0.5) is 11.8 Å². The molecule has 2 N–H and O–H groups in total. The normalized spacial score (nSPS) is 21.0. The molecule has 7 nitrogen and oxygen atoms in total. The number of carbonyl (C=O) groups is 1. The van der Waals surface area contributed by atoms with Gasteiger partial charge in [-0.1, -0.05) is 0 Å². The molecule has 1 aromatic heterocycles. The van der Waals surface area contributed by atoms with E-state index in [0.29, 0.717) is 12.5 Å². The first-order valence-electron chi connectivity index (χ1n) is 7.79. The van der Waals surface area contributed by atoms with Gasteiger partial charge in [-0.15, -0.1) is 0 Å². The molecule has 1 saturated heterocycles. The molecule has 0 aliphatic carbocycles. The minimum atomic E-state index is 0.0976. The van der Waals surface area contributed by atoms with Gasteiger partial charge in [0.05, 0.1) is 12.2 Å². The fraction of sp³-hybridized carbons (Fsp3) is 0.667. The number of fused-ring (bicyclic) bond motifs is 1. The Hall–Kier alpha value is -1.89. The fourth-order valence-electron chi connectivity index (χ4n) is 3.11. The minimum absolute atomic E-state index is 0.0976. The number of hydrogen-bond acceptors (Lipinski definition) is 6. The van der Waals surface area contributed by atoms with Crippen LogP contribution in [-0.2, 0) is 17.8 Å². The molecule has 3 heterocycles. The molecule has 0 aromatic carbocycles. The highest BCUT2D eigenvalue weighted by atomic mass is 16.2. The Bertz CT molecular complexity index is 588. The Morgan fingerprint density at radius 2 is 2.09 bits per heavy atom. The van der Waals surface area contributed by atoms with Crippen LogP contribution in [0, 0.1) is 0 Å². The third kappa shape index (κ3) is 2.72. The predicted molar refractivity (Wildman–Crippen MR) is 86.0 cm³/mol. The lowest BCUT2D eigenvalue weighted by Crippen LogP contribution is -2.37. The lowest BCUT2D eigenvalue weighted by molar-refractivity contribution is -0.129. The second-order valence-corrected chi connectivity index (χ2v) is 6.35. The standard InChI is InChI=1S/C15H24N6O/c1-10(22)20-7-5-12-13(9-20)17-15(19(2)3)18-14(12)21-6-4-11(16)8-21/h11H,4-9,16H2,1-3H3/t11-/m1/s1. The van der Waals surface area contributed by atoms with Crippen LogP contribution in [0.1, 0.15) is 24.6 Å². The van der Waals surface area contributed by atoms with E-state index in [1.165, 1.54) is 5.56 Å². The van der Waals surface area contributed by atoms with Crippen molar-refractivity contribution in [1.82, 2.24) is 14.9 Å². The molecule has 0 unspecified atom stereocenters. The first-order chi connectivity index (χ1) is 10.5. The van der Waals surface area contributed by atoms with Crippen LogP contribution in [-0.4, -0.2) is 60.5 Å². The van der Waals surface area contributed by atoms with Gasteiger partial charge in [-0.25, -0.2) is 4.98 Å². The van der Waals surface area contributed by atoms with E-state index in [2.05, 4.69) is 9.88 Å². The number of nitrogens with two attached hydrogens (primary N) is 1. The molecule has 1 amide bonds. The van der Waals surface area contributed by atoms with E-state index >= 15 is 0 Å². The number of amides is 1. The summed E-state index contributed by atoms with van der Waals surface area (Å²) in [6.45, 7) is 4.70. The van der Waals surface area contributed by atoms with Crippen molar-refractivity contribution in [3.05, 3.63) is 11.3 Å². The molecule has 120 valence electrons. The quantitative estimate of drug-likeness (QED) is 0.827. The molecule has 2 aliphatic heterocycles. The van der Waals surface area contributed by atoms with Gasteiger partial charge < -0.3 is 20.4 Å². The smallest absolute Gasteiger partial charge is 0.227 e. The summed E-state index contributed by atoms with van der Waals surface area (Å²) in [5.74, 6) is 1.80. The van der Waals surface area contributed by atoms with Crippen LogP contribution in [0.15, 0.2) is 0 Å². The van der Waals surface area contributed by atoms with Crippen LogP contribution in [0.2, 0.25) is 0 Å². The number of aromatic nitrogens is 2. The molecule has 1 fully saturated rings. The second-order valence-electron chi connectivity index (χ2n) is 6.35. The molecule has 2 aliphatic rings. The van der Waals surface area contributed by atoms with Gasteiger partial charge in [-0.05, 0) is 12.8 Å². The molecule has 22 heavy (non-hydrogen) atoms. The summed E-state index contributed by atoms with van der Waals surface area (Å²) in [6, 6.07) is 0.214. The average Bonchev–Trinajstić information content (AvgIpc) is 2.91. The Balaban J connectivity index is 2.00. The van der Waals surface area contributed by atoms with Crippen molar-refractivity contribution < 1.29 is 4.79 Å². The van der Waals surface area contributed by atoms with Crippen LogP contribution in [0.5, 0.6) is 0 Å². The summed E-state index contributed by atoms with van der Waals surface area (Å²) in [6.07, 6.45) is 1.80. The van der Waals surface area contributed by atoms with Gasteiger partial charge in [0.1, 0.15) is 5.82 Å². The molecular weight excluding hydrogens is 280 g/mol. The molecule has 1 aromatic rings. The zero-order valence-electron chi connectivity index (χ0n) is 13.5. The Morgan fingerprint density at radius 3 is 2.68 bits per heavy atom. The van der Waals surface area contributed by atoms with Crippen molar-refractivity contribution in [3.63, 3.8) is 0 Å². The number of anilines is 2. The maximum Gasteiger partial charge on any atom is 0.227 e. The lowest BCUT2D eigenvalue weighted by Gasteiger charge is -2.31. The Kier molecular flexibility index (Phi) is 3.90. The predicted octanol–water partition coefficient (Wildman–Crippen LogP) is -0.0154. The van der Waals surface area contributed by atoms with Gasteiger partial charge in [0.25, 0.3) is 0 Å². The van der Waals surface area contributed by atoms with E-state index in [9.17, 15) is 4.79 Å². The van der Waals surface area contributed by atoms with E-state index < -0.39 is 0 Å². The summed E-state index contributed by atoms with van der Waals surface area (Å²) in [5, 5.41) is 0. The molecule has 0 bridgehead atoms. The fourth-order valence-corrected chi connectivity index (χ4v) is 3.11. The third-order valence-corrected chi connectivity index (χ3v) is 4.40. The molecular formula is C15H24N6O. The number of carbonyl (C=O) groups excluding carboxylic acids is 1. The van der Waals surface area contributed by atoms with E-state index in [4.69, 9.17) is 10.7 Å². The first kappa shape index (κ1) is 15.0. The molecule has 0 saturated carbocycles.